The molecule has 0 atom stereocenters. The van der Waals surface area contributed by atoms with Crippen molar-refractivity contribution in [3.63, 3.8) is 0 Å². The third-order valence-electron chi connectivity index (χ3n) is 3.47. The fraction of sp³-hybridized carbons (Fsp3) is 0.143. The highest BCUT2D eigenvalue weighted by atomic mass is 32.2. The second kappa shape index (κ2) is 4.75. The highest BCUT2D eigenvalue weighted by Gasteiger charge is 2.33. The summed E-state index contributed by atoms with van der Waals surface area (Å²) in [6.45, 7) is 0.311. The van der Waals surface area contributed by atoms with Gasteiger partial charge in [0, 0.05) is 24.0 Å². The first kappa shape index (κ1) is 13.4. The molecule has 0 aliphatic carbocycles. The minimum atomic E-state index is -3.82. The molecule has 0 unspecified atom stereocenters. The van der Waals surface area contributed by atoms with E-state index >= 15 is 0 Å². The minimum Gasteiger partial charge on any atom is -0.398 e. The van der Waals surface area contributed by atoms with Crippen molar-refractivity contribution < 1.29 is 8.42 Å². The van der Waals surface area contributed by atoms with Crippen molar-refractivity contribution in [2.75, 3.05) is 16.6 Å². The summed E-state index contributed by atoms with van der Waals surface area (Å²) < 4.78 is 26.9. The number of nitriles is 1. The van der Waals surface area contributed by atoms with E-state index in [9.17, 15) is 8.42 Å². The number of hydrogen-bond acceptors (Lipinski definition) is 5. The first-order valence-corrected chi connectivity index (χ1v) is 7.75. The first-order valence-electron chi connectivity index (χ1n) is 6.31. The maximum atomic E-state index is 12.8. The fourth-order valence-electron chi connectivity index (χ4n) is 2.48. The zero-order chi connectivity index (χ0) is 15.0. The number of pyridine rings is 1. The SMILES string of the molecule is N#Cc1ncccc1S(=O)(=O)N1CCc2c(N)cccc21. The van der Waals surface area contributed by atoms with Gasteiger partial charge < -0.3 is 5.73 Å². The molecule has 1 aromatic carbocycles. The van der Waals surface area contributed by atoms with Gasteiger partial charge in [0.1, 0.15) is 11.0 Å². The summed E-state index contributed by atoms with van der Waals surface area (Å²) in [4.78, 5) is 3.74. The number of nitrogens with two attached hydrogens (primary N) is 1. The lowest BCUT2D eigenvalue weighted by atomic mass is 10.1. The largest absolute Gasteiger partial charge is 0.398 e. The van der Waals surface area contributed by atoms with Gasteiger partial charge in [-0.1, -0.05) is 6.07 Å². The van der Waals surface area contributed by atoms with Gasteiger partial charge in [0.2, 0.25) is 0 Å². The van der Waals surface area contributed by atoms with E-state index in [1.54, 1.807) is 18.2 Å². The van der Waals surface area contributed by atoms with E-state index in [4.69, 9.17) is 11.0 Å². The molecule has 0 radical (unpaired) electrons. The third kappa shape index (κ3) is 2.00. The third-order valence-corrected chi connectivity index (χ3v) is 5.31. The lowest BCUT2D eigenvalue weighted by molar-refractivity contribution is 0.591. The number of hydrogen-bond donors (Lipinski definition) is 1. The molecule has 2 N–H and O–H groups in total. The van der Waals surface area contributed by atoms with E-state index in [-0.39, 0.29) is 10.6 Å². The molecule has 1 aromatic heterocycles. The smallest absolute Gasteiger partial charge is 0.267 e. The molecule has 0 bridgehead atoms. The summed E-state index contributed by atoms with van der Waals surface area (Å²) >= 11 is 0. The molecule has 0 fully saturated rings. The Morgan fingerprint density at radius 3 is 2.86 bits per heavy atom. The highest BCUT2D eigenvalue weighted by molar-refractivity contribution is 7.93. The van der Waals surface area contributed by atoms with Crippen LogP contribution in [-0.4, -0.2) is 19.9 Å². The maximum absolute atomic E-state index is 12.8. The average molecular weight is 300 g/mol. The van der Waals surface area contributed by atoms with E-state index in [1.165, 1.54) is 22.6 Å². The van der Waals surface area contributed by atoms with E-state index in [0.29, 0.717) is 24.3 Å². The van der Waals surface area contributed by atoms with E-state index in [2.05, 4.69) is 4.98 Å². The Morgan fingerprint density at radius 1 is 1.29 bits per heavy atom. The van der Waals surface area contributed by atoms with Crippen molar-refractivity contribution in [1.29, 1.82) is 5.26 Å². The number of sulfonamides is 1. The lowest BCUT2D eigenvalue weighted by Gasteiger charge is -2.20. The zero-order valence-electron chi connectivity index (χ0n) is 11.0. The van der Waals surface area contributed by atoms with Crippen LogP contribution in [0.15, 0.2) is 41.4 Å². The van der Waals surface area contributed by atoms with Gasteiger partial charge in [-0.3, -0.25) is 4.31 Å². The Balaban J connectivity index is 2.15. The molecule has 3 rings (SSSR count). The minimum absolute atomic E-state index is 0.0808. The number of rotatable bonds is 2. The molecule has 106 valence electrons. The zero-order valence-corrected chi connectivity index (χ0v) is 11.8. The van der Waals surface area contributed by atoms with Crippen LogP contribution in [0.2, 0.25) is 0 Å². The highest BCUT2D eigenvalue weighted by Crippen LogP contribution is 2.36. The molecule has 0 saturated heterocycles. The van der Waals surface area contributed by atoms with Crippen molar-refractivity contribution in [1.82, 2.24) is 4.98 Å². The lowest BCUT2D eigenvalue weighted by Crippen LogP contribution is -2.29. The monoisotopic (exact) mass is 300 g/mol. The van der Waals surface area contributed by atoms with Crippen LogP contribution < -0.4 is 10.0 Å². The summed E-state index contributed by atoms with van der Waals surface area (Å²) in [6.07, 6.45) is 1.96. The maximum Gasteiger partial charge on any atom is 0.267 e. The van der Waals surface area contributed by atoms with Crippen LogP contribution in [0.25, 0.3) is 0 Å². The summed E-state index contributed by atoms with van der Waals surface area (Å²) in [5.41, 5.74) is 7.76. The fourth-order valence-corrected chi connectivity index (χ4v) is 4.08. The van der Waals surface area contributed by atoms with Gasteiger partial charge in [0.05, 0.1) is 5.69 Å². The van der Waals surface area contributed by atoms with Crippen LogP contribution in [0.1, 0.15) is 11.3 Å². The molecule has 7 heteroatoms. The number of anilines is 2. The number of fused-ring (bicyclic) bond motifs is 1. The molecular weight excluding hydrogens is 288 g/mol. The van der Waals surface area contributed by atoms with Gasteiger partial charge in [-0.05, 0) is 30.7 Å². The predicted molar refractivity (Wildman–Crippen MR) is 78.0 cm³/mol. The van der Waals surface area contributed by atoms with Crippen LogP contribution >= 0.6 is 0 Å². The van der Waals surface area contributed by atoms with Crippen LogP contribution in [0.4, 0.5) is 11.4 Å². The predicted octanol–water partition coefficient (Wildman–Crippen LogP) is 1.29. The number of benzene rings is 1. The van der Waals surface area contributed by atoms with Crippen LogP contribution in [0, 0.1) is 11.3 Å². The second-order valence-corrected chi connectivity index (χ2v) is 6.46. The molecule has 1 aliphatic rings. The summed E-state index contributed by atoms with van der Waals surface area (Å²) in [5.74, 6) is 0. The molecule has 2 aromatic rings. The Morgan fingerprint density at radius 2 is 2.10 bits per heavy atom. The van der Waals surface area contributed by atoms with Gasteiger partial charge >= 0.3 is 0 Å². The number of nitrogens with zero attached hydrogens (tertiary/aromatic N) is 3. The van der Waals surface area contributed by atoms with Crippen molar-refractivity contribution in [2.24, 2.45) is 0 Å². The van der Waals surface area contributed by atoms with Gasteiger partial charge in [0.15, 0.2) is 5.69 Å². The van der Waals surface area contributed by atoms with Crippen LogP contribution in [0.5, 0.6) is 0 Å². The van der Waals surface area contributed by atoms with Crippen molar-refractivity contribution in [3.05, 3.63) is 47.8 Å². The Hall–Kier alpha value is -2.59. The van der Waals surface area contributed by atoms with Crippen LogP contribution in [0.3, 0.4) is 0 Å². The molecular formula is C14H12N4O2S. The summed E-state index contributed by atoms with van der Waals surface area (Å²) in [6, 6.07) is 9.91. The van der Waals surface area contributed by atoms with Crippen molar-refractivity contribution in [2.45, 2.75) is 11.3 Å². The Bertz CT molecular complexity index is 856. The molecule has 2 heterocycles. The number of nitrogen functional groups attached to an aromatic ring is 1. The van der Waals surface area contributed by atoms with Gasteiger partial charge in [-0.2, -0.15) is 5.26 Å². The quantitative estimate of drug-likeness (QED) is 0.842. The molecule has 0 amide bonds. The van der Waals surface area contributed by atoms with Crippen LogP contribution in [-0.2, 0) is 16.4 Å². The Labute approximate surface area is 122 Å². The van der Waals surface area contributed by atoms with E-state index in [1.807, 2.05) is 6.07 Å². The molecule has 6 nitrogen and oxygen atoms in total. The Kier molecular flexibility index (Phi) is 3.03. The number of aromatic nitrogens is 1. The topological polar surface area (TPSA) is 100 Å². The van der Waals surface area contributed by atoms with Crippen molar-refractivity contribution >= 4 is 21.4 Å². The van der Waals surface area contributed by atoms with E-state index < -0.39 is 10.0 Å². The molecule has 21 heavy (non-hydrogen) atoms. The molecule has 0 spiro atoms. The summed E-state index contributed by atoms with van der Waals surface area (Å²) in [7, 11) is -3.82. The first-order chi connectivity index (χ1) is 10.1. The molecule has 0 saturated carbocycles. The van der Waals surface area contributed by atoms with Gasteiger partial charge in [0.25, 0.3) is 10.0 Å². The second-order valence-electron chi connectivity index (χ2n) is 4.63. The average Bonchev–Trinajstić information content (AvgIpc) is 2.93. The standard InChI is InChI=1S/C14H12N4O2S/c15-9-12-14(5-2-7-17-12)21(19,20)18-8-6-10-11(16)3-1-4-13(10)18/h1-5,7H,6,8,16H2. The molecule has 1 aliphatic heterocycles. The van der Waals surface area contributed by atoms with Crippen molar-refractivity contribution in [3.8, 4) is 6.07 Å². The summed E-state index contributed by atoms with van der Waals surface area (Å²) in [5, 5.41) is 9.05. The van der Waals surface area contributed by atoms with E-state index in [0.717, 1.165) is 5.56 Å². The normalized spacial score (nSPS) is 13.8. The van der Waals surface area contributed by atoms with Gasteiger partial charge in [-0.15, -0.1) is 0 Å². The van der Waals surface area contributed by atoms with Gasteiger partial charge in [-0.25, -0.2) is 13.4 Å².